The fraction of sp³-hybridized carbons (Fsp3) is 0.333. The second-order valence-electron chi connectivity index (χ2n) is 1.55. The van der Waals surface area contributed by atoms with Gasteiger partial charge in [-0.25, -0.2) is 0 Å². The van der Waals surface area contributed by atoms with E-state index in [9.17, 15) is 8.78 Å². The van der Waals surface area contributed by atoms with E-state index in [0.717, 1.165) is 12.2 Å². The number of hydrogen-bond acceptors (Lipinski definition) is 0. The molecule has 0 heterocycles. The van der Waals surface area contributed by atoms with Crippen LogP contribution in [0.15, 0.2) is 25.3 Å². The lowest BCUT2D eigenvalue weighted by Gasteiger charge is -1.95. The molecule has 0 radical (unpaired) electrons. The van der Waals surface area contributed by atoms with Gasteiger partial charge in [0.15, 0.2) is 0 Å². The quantitative estimate of drug-likeness (QED) is 0.427. The molecule has 52 valence electrons. The van der Waals surface area contributed by atoms with E-state index < -0.39 is 20.4 Å². The Morgan fingerprint density at radius 3 is 1.67 bits per heavy atom. The van der Waals surface area contributed by atoms with E-state index >= 15 is 0 Å². The average molecular weight is 151 g/mol. The summed E-state index contributed by atoms with van der Waals surface area (Å²) in [6, 6.07) is 0. The normalized spacial score (nSPS) is 17.6. The Kier molecular flexibility index (Phi) is 4.51. The second kappa shape index (κ2) is 4.63. The second-order valence-corrected chi connectivity index (χ2v) is 3.21. The summed E-state index contributed by atoms with van der Waals surface area (Å²) in [6.07, 6.45) is 2.23. The third-order valence-corrected chi connectivity index (χ3v) is 2.10. The highest BCUT2D eigenvalue weighted by atomic mass is 31.1. The van der Waals surface area contributed by atoms with E-state index in [-0.39, 0.29) is 0 Å². The summed E-state index contributed by atoms with van der Waals surface area (Å²) in [5.74, 6) is -2.34. The molecule has 0 N–H and O–H groups in total. The predicted octanol–water partition coefficient (Wildman–Crippen LogP) is 2.36. The third-order valence-electron chi connectivity index (χ3n) is 0.818. The van der Waals surface area contributed by atoms with Gasteiger partial charge in [-0.15, -0.1) is 0 Å². The summed E-state index contributed by atoms with van der Waals surface area (Å²) in [5, 5.41) is 0. The lowest BCUT2D eigenvalue weighted by atomic mass is 10.7. The van der Waals surface area contributed by atoms with Gasteiger partial charge in [0.1, 0.15) is 0 Å². The molecule has 0 nitrogen and oxygen atoms in total. The largest absolute Gasteiger partial charge is 0.221 e. The molecule has 0 saturated carbocycles. The van der Waals surface area contributed by atoms with Crippen molar-refractivity contribution in [3.63, 3.8) is 0 Å². The summed E-state index contributed by atoms with van der Waals surface area (Å²) < 4.78 is 24.4. The van der Waals surface area contributed by atoms with Crippen molar-refractivity contribution < 1.29 is 8.78 Å². The topological polar surface area (TPSA) is 0 Å². The van der Waals surface area contributed by atoms with Crippen molar-refractivity contribution in [3.8, 4) is 0 Å². The van der Waals surface area contributed by atoms with Crippen LogP contribution in [0.2, 0.25) is 0 Å². The Labute approximate surface area is 55.4 Å². The zero-order valence-corrected chi connectivity index (χ0v) is 6.21. The molecule has 9 heavy (non-hydrogen) atoms. The molecule has 0 aliphatic rings. The highest BCUT2D eigenvalue weighted by Crippen LogP contribution is 2.28. The molecule has 0 rings (SSSR count). The van der Waals surface area contributed by atoms with Crippen LogP contribution in [0.3, 0.4) is 0 Å². The van der Waals surface area contributed by atoms with Crippen molar-refractivity contribution in [1.29, 1.82) is 0 Å². The molecule has 0 aromatic rings. The predicted molar refractivity (Wildman–Crippen MR) is 39.9 cm³/mol. The first-order valence-corrected chi connectivity index (χ1v) is 3.92. The van der Waals surface area contributed by atoms with Gasteiger partial charge in [0.05, 0.1) is 8.58 Å². The van der Waals surface area contributed by atoms with Gasteiger partial charge in [-0.05, 0) is 12.2 Å². The van der Waals surface area contributed by atoms with E-state index in [0.29, 0.717) is 0 Å². The highest BCUT2D eigenvalue weighted by molar-refractivity contribution is 7.39. The molecule has 0 amide bonds. The number of alkyl halides is 2. The van der Waals surface area contributed by atoms with Gasteiger partial charge in [-0.3, -0.25) is 0 Å². The summed E-state index contributed by atoms with van der Waals surface area (Å²) >= 11 is 0. The lowest BCUT2D eigenvalue weighted by molar-refractivity contribution is 0.481. The molecule has 0 bridgehead atoms. The van der Waals surface area contributed by atoms with Crippen LogP contribution >= 0.6 is 8.58 Å². The molecule has 0 spiro atoms. The van der Waals surface area contributed by atoms with Gasteiger partial charge >= 0.3 is 0 Å². The zero-order valence-electron chi connectivity index (χ0n) is 5.06. The van der Waals surface area contributed by atoms with Crippen molar-refractivity contribution in [2.45, 2.75) is 11.8 Å². The molecule has 3 heteroatoms. The Balaban J connectivity index is 3.45. The van der Waals surface area contributed by atoms with Crippen molar-refractivity contribution in [2.75, 3.05) is 0 Å². The van der Waals surface area contributed by atoms with E-state index in [2.05, 4.69) is 13.2 Å². The molecular formula is C6H10F2P+. The van der Waals surface area contributed by atoms with Gasteiger partial charge in [0.2, 0.25) is 11.8 Å². The van der Waals surface area contributed by atoms with Gasteiger partial charge in [-0.2, -0.15) is 8.78 Å². The van der Waals surface area contributed by atoms with Crippen LogP contribution in [0, 0.1) is 0 Å². The SMILES string of the molecule is C=CC(F)[PH2+]C(F)C=C. The first kappa shape index (κ1) is 8.77. The molecule has 0 aliphatic heterocycles. The summed E-state index contributed by atoms with van der Waals surface area (Å²) in [7, 11) is -0.850. The minimum atomic E-state index is -1.17. The highest BCUT2D eigenvalue weighted by Gasteiger charge is 2.14. The van der Waals surface area contributed by atoms with Gasteiger partial charge < -0.3 is 0 Å². The Morgan fingerprint density at radius 1 is 1.11 bits per heavy atom. The van der Waals surface area contributed by atoms with E-state index in [1.165, 1.54) is 0 Å². The van der Waals surface area contributed by atoms with Crippen LogP contribution < -0.4 is 0 Å². The molecule has 0 aromatic carbocycles. The molecule has 0 saturated heterocycles. The average Bonchev–Trinajstić information content (AvgIpc) is 1.87. The maximum Gasteiger partial charge on any atom is 0.221 e. The van der Waals surface area contributed by atoms with E-state index in [1.54, 1.807) is 0 Å². The number of rotatable bonds is 4. The van der Waals surface area contributed by atoms with Crippen molar-refractivity contribution in [3.05, 3.63) is 25.3 Å². The number of allylic oxidation sites excluding steroid dienone is 2. The minimum absolute atomic E-state index is 0.850. The summed E-state index contributed by atoms with van der Waals surface area (Å²) in [4.78, 5) is 0. The van der Waals surface area contributed by atoms with Gasteiger partial charge in [0.25, 0.3) is 0 Å². The first-order chi connectivity index (χ1) is 4.20. The summed E-state index contributed by atoms with van der Waals surface area (Å²) in [5.41, 5.74) is 0. The summed E-state index contributed by atoms with van der Waals surface area (Å²) in [6.45, 7) is 6.39. The van der Waals surface area contributed by atoms with E-state index in [1.807, 2.05) is 0 Å². The van der Waals surface area contributed by atoms with Gasteiger partial charge in [-0.1, -0.05) is 13.2 Å². The van der Waals surface area contributed by atoms with Crippen molar-refractivity contribution in [2.24, 2.45) is 0 Å². The molecule has 0 fully saturated rings. The van der Waals surface area contributed by atoms with Crippen LogP contribution in [-0.2, 0) is 0 Å². The van der Waals surface area contributed by atoms with Crippen LogP contribution in [0.5, 0.6) is 0 Å². The van der Waals surface area contributed by atoms with Crippen LogP contribution in [0.4, 0.5) is 8.78 Å². The van der Waals surface area contributed by atoms with Crippen molar-refractivity contribution >= 4 is 8.58 Å². The minimum Gasteiger partial charge on any atom is -0.198 e. The smallest absolute Gasteiger partial charge is 0.198 e. The fourth-order valence-electron chi connectivity index (χ4n) is 0.333. The number of halogens is 2. The third kappa shape index (κ3) is 4.28. The Bertz CT molecular complexity index is 91.2. The van der Waals surface area contributed by atoms with E-state index in [4.69, 9.17) is 0 Å². The monoisotopic (exact) mass is 151 g/mol. The first-order valence-electron chi connectivity index (χ1n) is 2.59. The zero-order chi connectivity index (χ0) is 7.28. The lowest BCUT2D eigenvalue weighted by Crippen LogP contribution is -1.91. The Hall–Kier alpha value is -0.230. The molecule has 0 aromatic heterocycles. The number of hydrogen-bond donors (Lipinski definition) is 0. The maximum absolute atomic E-state index is 12.2. The standard InChI is InChI=1S/C6H9F2P/c1-3-5(7)9-6(8)4-2/h3-6,9H,1-2H2/p+1. The molecular weight excluding hydrogens is 141 g/mol. The maximum atomic E-state index is 12.2. The van der Waals surface area contributed by atoms with Crippen LogP contribution in [0.1, 0.15) is 0 Å². The van der Waals surface area contributed by atoms with Crippen molar-refractivity contribution in [1.82, 2.24) is 0 Å². The molecule has 0 aliphatic carbocycles. The Morgan fingerprint density at radius 2 is 1.44 bits per heavy atom. The molecule has 2 atom stereocenters. The van der Waals surface area contributed by atoms with Gasteiger partial charge in [0, 0.05) is 0 Å². The fourth-order valence-corrected chi connectivity index (χ4v) is 0.998. The molecule has 2 unspecified atom stereocenters. The van der Waals surface area contributed by atoms with Crippen LogP contribution in [0.25, 0.3) is 0 Å². The van der Waals surface area contributed by atoms with Crippen LogP contribution in [-0.4, -0.2) is 11.8 Å².